The van der Waals surface area contributed by atoms with E-state index in [-0.39, 0.29) is 5.97 Å². The second-order valence-corrected chi connectivity index (χ2v) is 14.5. The molecule has 0 spiro atoms. The van der Waals surface area contributed by atoms with Crippen LogP contribution < -0.4 is 5.32 Å². The highest BCUT2D eigenvalue weighted by atomic mass is 28.3. The number of carbonyl (C=O) groups is 1. The van der Waals surface area contributed by atoms with Gasteiger partial charge in [-0.15, -0.1) is 0 Å². The predicted molar refractivity (Wildman–Crippen MR) is 134 cm³/mol. The molecule has 0 aliphatic heterocycles. The third kappa shape index (κ3) is 4.13. The highest BCUT2D eigenvalue weighted by Crippen LogP contribution is 2.29. The van der Waals surface area contributed by atoms with Crippen LogP contribution in [0.5, 0.6) is 0 Å². The molecule has 2 heterocycles. The molecule has 0 aliphatic carbocycles. The van der Waals surface area contributed by atoms with E-state index in [4.69, 9.17) is 9.84 Å². The maximum atomic E-state index is 12.2. The maximum absolute atomic E-state index is 12.2. The summed E-state index contributed by atoms with van der Waals surface area (Å²) in [7, 11) is -0.223. The molecule has 4 rings (SSSR count). The number of aromatic nitrogens is 2. The SMILES string of the molecule is COC(=O)c1cc(C)cc(Cc2c(-c3ccccc3)nn3c([Si](C)(C)C)c(C)ccc23)c1. The van der Waals surface area contributed by atoms with Crippen molar-refractivity contribution in [3.63, 3.8) is 0 Å². The number of rotatable bonds is 5. The van der Waals surface area contributed by atoms with E-state index < -0.39 is 8.07 Å². The van der Waals surface area contributed by atoms with Gasteiger partial charge in [0.2, 0.25) is 0 Å². The molecule has 4 nitrogen and oxygen atoms in total. The molecule has 4 aromatic rings. The molecule has 0 unspecified atom stereocenters. The number of esters is 1. The Bertz CT molecular complexity index is 1300. The first kappa shape index (κ1) is 22.0. The first-order chi connectivity index (χ1) is 15.2. The predicted octanol–water partition coefficient (Wildman–Crippen LogP) is 5.54. The third-order valence-corrected chi connectivity index (χ3v) is 7.82. The third-order valence-electron chi connectivity index (χ3n) is 5.80. The lowest BCUT2D eigenvalue weighted by molar-refractivity contribution is 0.0600. The Labute approximate surface area is 190 Å². The normalized spacial score (nSPS) is 11.7. The summed E-state index contributed by atoms with van der Waals surface area (Å²) in [5.74, 6) is -0.310. The van der Waals surface area contributed by atoms with Crippen LogP contribution in [0.4, 0.5) is 0 Å². The first-order valence-electron chi connectivity index (χ1n) is 10.9. The minimum atomic E-state index is -1.64. The Balaban J connectivity index is 1.96. The van der Waals surface area contributed by atoms with E-state index in [0.717, 1.165) is 27.9 Å². The molecule has 0 N–H and O–H groups in total. The lowest BCUT2D eigenvalue weighted by Gasteiger charge is -2.20. The Morgan fingerprint density at radius 3 is 2.38 bits per heavy atom. The number of ether oxygens (including phenoxy) is 1. The van der Waals surface area contributed by atoms with Crippen molar-refractivity contribution in [2.75, 3.05) is 7.11 Å². The van der Waals surface area contributed by atoms with E-state index in [1.807, 2.05) is 25.1 Å². The smallest absolute Gasteiger partial charge is 0.337 e. The van der Waals surface area contributed by atoms with Crippen LogP contribution in [0.1, 0.15) is 32.6 Å². The topological polar surface area (TPSA) is 43.6 Å². The summed E-state index contributed by atoms with van der Waals surface area (Å²) in [6.07, 6.45) is 0.688. The second-order valence-electron chi connectivity index (χ2n) is 9.48. The van der Waals surface area contributed by atoms with Gasteiger partial charge in [-0.05, 0) is 48.7 Å². The van der Waals surface area contributed by atoms with Crippen molar-refractivity contribution in [1.29, 1.82) is 0 Å². The lowest BCUT2D eigenvalue weighted by Crippen LogP contribution is -2.44. The molecular formula is C27H30N2O2Si. The molecule has 0 saturated heterocycles. The summed E-state index contributed by atoms with van der Waals surface area (Å²) in [5, 5.41) is 6.51. The second kappa shape index (κ2) is 8.39. The number of carbonyl (C=O) groups excluding carboxylic acids is 1. The number of methoxy groups -OCH3 is 1. The number of nitrogens with zero attached hydrogens (tertiary/aromatic N) is 2. The van der Waals surface area contributed by atoms with Crippen LogP contribution in [0.15, 0.2) is 60.7 Å². The minimum absolute atomic E-state index is 0.310. The number of aryl methyl sites for hydroxylation is 2. The Morgan fingerprint density at radius 2 is 1.72 bits per heavy atom. The number of fused-ring (bicyclic) bond motifs is 1. The average molecular weight is 443 g/mol. The molecule has 0 radical (unpaired) electrons. The molecule has 0 aliphatic rings. The zero-order valence-corrected chi connectivity index (χ0v) is 20.7. The quantitative estimate of drug-likeness (QED) is 0.301. The van der Waals surface area contributed by atoms with Gasteiger partial charge in [0.15, 0.2) is 0 Å². The number of benzene rings is 2. The van der Waals surface area contributed by atoms with Crippen LogP contribution in [0.2, 0.25) is 19.6 Å². The Kier molecular flexibility index (Phi) is 5.78. The van der Waals surface area contributed by atoms with Gasteiger partial charge >= 0.3 is 5.97 Å². The molecule has 32 heavy (non-hydrogen) atoms. The summed E-state index contributed by atoms with van der Waals surface area (Å²) >= 11 is 0. The molecule has 5 heteroatoms. The van der Waals surface area contributed by atoms with Gasteiger partial charge in [0.1, 0.15) is 8.07 Å². The van der Waals surface area contributed by atoms with Crippen molar-refractivity contribution in [2.45, 2.75) is 39.9 Å². The van der Waals surface area contributed by atoms with Crippen LogP contribution in [-0.2, 0) is 11.2 Å². The number of hydrogen-bond acceptors (Lipinski definition) is 3. The van der Waals surface area contributed by atoms with E-state index in [9.17, 15) is 4.79 Å². The van der Waals surface area contributed by atoms with Crippen LogP contribution in [-0.4, -0.2) is 30.8 Å². The van der Waals surface area contributed by atoms with E-state index in [1.165, 1.54) is 23.6 Å². The number of hydrogen-bond donors (Lipinski definition) is 0. The molecule has 0 bridgehead atoms. The maximum Gasteiger partial charge on any atom is 0.337 e. The van der Waals surface area contributed by atoms with Gasteiger partial charge in [-0.1, -0.05) is 62.1 Å². The van der Waals surface area contributed by atoms with Gasteiger partial charge in [0.05, 0.1) is 23.9 Å². The molecule has 164 valence electrons. The summed E-state index contributed by atoms with van der Waals surface area (Å²) in [5.41, 5.74) is 8.40. The Hall–Kier alpha value is -3.18. The van der Waals surface area contributed by atoms with Gasteiger partial charge in [-0.2, -0.15) is 5.10 Å². The standard InChI is InChI=1S/C27H30N2O2Si/c1-18-14-20(16-22(15-18)27(30)31-3)17-23-24-13-12-19(2)26(32(4,5)6)29(24)28-25(23)21-10-8-7-9-11-21/h7-16H,17H2,1-6H3. The zero-order chi connectivity index (χ0) is 23.0. The largest absolute Gasteiger partial charge is 0.465 e. The monoisotopic (exact) mass is 442 g/mol. The molecule has 0 saturated carbocycles. The van der Waals surface area contributed by atoms with Crippen LogP contribution in [0.3, 0.4) is 0 Å². The fraction of sp³-hybridized carbons (Fsp3) is 0.259. The van der Waals surface area contributed by atoms with Crippen molar-refractivity contribution in [2.24, 2.45) is 0 Å². The van der Waals surface area contributed by atoms with E-state index in [2.05, 4.69) is 73.5 Å². The summed E-state index contributed by atoms with van der Waals surface area (Å²) in [6.45, 7) is 11.3. The van der Waals surface area contributed by atoms with Crippen LogP contribution in [0, 0.1) is 13.8 Å². The van der Waals surface area contributed by atoms with Gasteiger partial charge < -0.3 is 4.74 Å². The van der Waals surface area contributed by atoms with Gasteiger partial charge in [0.25, 0.3) is 0 Å². The lowest BCUT2D eigenvalue weighted by atomic mass is 9.97. The molecule has 2 aromatic heterocycles. The fourth-order valence-corrected chi connectivity index (χ4v) is 6.64. The molecular weight excluding hydrogens is 412 g/mol. The van der Waals surface area contributed by atoms with Crippen molar-refractivity contribution >= 4 is 24.9 Å². The summed E-state index contributed by atoms with van der Waals surface area (Å²) in [6, 6.07) is 20.7. The van der Waals surface area contributed by atoms with Crippen molar-refractivity contribution in [1.82, 2.24) is 9.61 Å². The zero-order valence-electron chi connectivity index (χ0n) is 19.7. The van der Waals surface area contributed by atoms with Crippen molar-refractivity contribution < 1.29 is 9.53 Å². The van der Waals surface area contributed by atoms with E-state index in [0.29, 0.717) is 12.0 Å². The molecule has 0 atom stereocenters. The first-order valence-corrected chi connectivity index (χ1v) is 14.4. The van der Waals surface area contributed by atoms with Crippen molar-refractivity contribution in [3.8, 4) is 11.3 Å². The highest BCUT2D eigenvalue weighted by Gasteiger charge is 2.26. The summed E-state index contributed by atoms with van der Waals surface area (Å²) in [4.78, 5) is 12.2. The summed E-state index contributed by atoms with van der Waals surface area (Å²) < 4.78 is 7.14. The average Bonchev–Trinajstić information content (AvgIpc) is 3.10. The van der Waals surface area contributed by atoms with E-state index >= 15 is 0 Å². The molecule has 0 amide bonds. The minimum Gasteiger partial charge on any atom is -0.465 e. The fourth-order valence-electron chi connectivity index (χ4n) is 4.57. The highest BCUT2D eigenvalue weighted by molar-refractivity contribution is 6.88. The van der Waals surface area contributed by atoms with Crippen LogP contribution in [0.25, 0.3) is 16.8 Å². The number of pyridine rings is 1. The van der Waals surface area contributed by atoms with Crippen molar-refractivity contribution in [3.05, 3.63) is 88.5 Å². The molecule has 0 fully saturated rings. The van der Waals surface area contributed by atoms with Crippen LogP contribution >= 0.6 is 0 Å². The van der Waals surface area contributed by atoms with Gasteiger partial charge in [-0.25, -0.2) is 9.31 Å². The van der Waals surface area contributed by atoms with Gasteiger partial charge in [-0.3, -0.25) is 0 Å². The van der Waals surface area contributed by atoms with E-state index in [1.54, 1.807) is 0 Å². The molecule has 2 aromatic carbocycles. The Morgan fingerprint density at radius 1 is 1.00 bits per heavy atom. The van der Waals surface area contributed by atoms with Gasteiger partial charge in [0, 0.05) is 22.9 Å².